The second kappa shape index (κ2) is 9.64. The van der Waals surface area contributed by atoms with Crippen molar-refractivity contribution in [3.05, 3.63) is 94.5 Å². The first kappa shape index (κ1) is 22.1. The fourth-order valence-corrected chi connectivity index (χ4v) is 5.58. The first-order chi connectivity index (χ1) is 16.1. The summed E-state index contributed by atoms with van der Waals surface area (Å²) in [5.74, 6) is -0.420. The van der Waals surface area contributed by atoms with E-state index in [0.29, 0.717) is 16.7 Å². The number of fused-ring (bicyclic) bond motifs is 1. The lowest BCUT2D eigenvalue weighted by Gasteiger charge is -2.28. The van der Waals surface area contributed by atoms with Crippen LogP contribution in [0, 0.1) is 6.92 Å². The largest absolute Gasteiger partial charge is 0.376 e. The fraction of sp³-hybridized carbons (Fsp3) is 0.259. The van der Waals surface area contributed by atoms with Crippen LogP contribution in [-0.2, 0) is 9.53 Å². The maximum absolute atomic E-state index is 14.3. The van der Waals surface area contributed by atoms with E-state index in [1.54, 1.807) is 0 Å². The monoisotopic (exact) mass is 476 g/mol. The van der Waals surface area contributed by atoms with Crippen molar-refractivity contribution in [3.63, 3.8) is 0 Å². The summed E-state index contributed by atoms with van der Waals surface area (Å²) in [5.41, 5.74) is 3.71. The molecule has 0 saturated carbocycles. The number of aryl methyl sites for hydroxylation is 1. The predicted molar refractivity (Wildman–Crippen MR) is 135 cm³/mol. The number of amides is 1. The van der Waals surface area contributed by atoms with Crippen LogP contribution in [0.5, 0.6) is 0 Å². The zero-order chi connectivity index (χ0) is 22.8. The molecule has 1 atom stereocenters. The lowest BCUT2D eigenvalue weighted by atomic mass is 9.90. The van der Waals surface area contributed by atoms with Crippen LogP contribution >= 0.6 is 22.9 Å². The topological polar surface area (TPSA) is 42.4 Å². The van der Waals surface area contributed by atoms with Gasteiger partial charge >= 0.3 is 0 Å². The Labute approximate surface area is 202 Å². The van der Waals surface area contributed by atoms with Crippen LogP contribution in [0.3, 0.4) is 0 Å². The van der Waals surface area contributed by atoms with Gasteiger partial charge in [-0.25, -0.2) is 4.98 Å². The molecule has 0 spiro atoms. The lowest BCUT2D eigenvalue weighted by Crippen LogP contribution is -2.40. The van der Waals surface area contributed by atoms with Gasteiger partial charge in [0.15, 0.2) is 5.13 Å². The standard InChI is InChI=1S/C27H25ClN2O2S/c1-18-22(28)14-15-23-25(18)29-27(33-23)30(17-21-13-8-16-32-21)26(31)24(19-9-4-2-5-10-19)20-11-6-3-7-12-20/h2-7,9-12,14-15,21,24H,8,13,16-17H2,1H3. The third kappa shape index (κ3) is 4.54. The quantitative estimate of drug-likeness (QED) is 0.314. The number of ether oxygens (including phenoxy) is 1. The van der Waals surface area contributed by atoms with Gasteiger partial charge in [-0.1, -0.05) is 83.6 Å². The molecule has 1 amide bonds. The molecule has 1 unspecified atom stereocenters. The van der Waals surface area contributed by atoms with Crippen molar-refractivity contribution >= 4 is 44.2 Å². The van der Waals surface area contributed by atoms with E-state index in [1.165, 1.54) is 11.3 Å². The number of carbonyl (C=O) groups is 1. The van der Waals surface area contributed by atoms with Crippen molar-refractivity contribution in [2.24, 2.45) is 0 Å². The maximum Gasteiger partial charge on any atom is 0.240 e. The number of hydrogen-bond donors (Lipinski definition) is 0. The van der Waals surface area contributed by atoms with Gasteiger partial charge < -0.3 is 4.74 Å². The highest BCUT2D eigenvalue weighted by atomic mass is 35.5. The molecule has 168 valence electrons. The number of thiazole rings is 1. The van der Waals surface area contributed by atoms with Gasteiger partial charge in [-0.2, -0.15) is 0 Å². The molecule has 4 aromatic rings. The molecule has 0 radical (unpaired) electrons. The second-order valence-electron chi connectivity index (χ2n) is 8.35. The van der Waals surface area contributed by atoms with Gasteiger partial charge in [0, 0.05) is 11.6 Å². The average Bonchev–Trinajstić information content (AvgIpc) is 3.52. The van der Waals surface area contributed by atoms with Crippen LogP contribution in [0.15, 0.2) is 72.8 Å². The summed E-state index contributed by atoms with van der Waals surface area (Å²) in [4.78, 5) is 21.0. The molecule has 2 heterocycles. The Bertz CT molecular complexity index is 1210. The molecule has 6 heteroatoms. The molecule has 33 heavy (non-hydrogen) atoms. The Morgan fingerprint density at radius 3 is 2.36 bits per heavy atom. The fourth-order valence-electron chi connectivity index (χ4n) is 4.38. The van der Waals surface area contributed by atoms with E-state index in [-0.39, 0.29) is 12.0 Å². The Morgan fingerprint density at radius 2 is 1.76 bits per heavy atom. The molecule has 4 nitrogen and oxygen atoms in total. The highest BCUT2D eigenvalue weighted by molar-refractivity contribution is 7.22. The lowest BCUT2D eigenvalue weighted by molar-refractivity contribution is -0.119. The molecule has 1 aliphatic heterocycles. The molecular weight excluding hydrogens is 452 g/mol. The maximum atomic E-state index is 14.3. The Morgan fingerprint density at radius 1 is 1.09 bits per heavy atom. The molecule has 5 rings (SSSR count). The number of halogens is 1. The van der Waals surface area contributed by atoms with E-state index in [9.17, 15) is 4.79 Å². The molecule has 1 aromatic heterocycles. The number of carbonyl (C=O) groups excluding carboxylic acids is 1. The van der Waals surface area contributed by atoms with E-state index < -0.39 is 5.92 Å². The zero-order valence-corrected chi connectivity index (χ0v) is 20.0. The van der Waals surface area contributed by atoms with Crippen LogP contribution in [0.2, 0.25) is 5.02 Å². The molecule has 0 bridgehead atoms. The van der Waals surface area contributed by atoms with E-state index in [2.05, 4.69) is 0 Å². The van der Waals surface area contributed by atoms with Crippen molar-refractivity contribution in [1.29, 1.82) is 0 Å². The van der Waals surface area contributed by atoms with Gasteiger partial charge in [0.05, 0.1) is 28.8 Å². The predicted octanol–water partition coefficient (Wildman–Crippen LogP) is 6.60. The Kier molecular flexibility index (Phi) is 6.45. The zero-order valence-electron chi connectivity index (χ0n) is 18.4. The number of hydrogen-bond acceptors (Lipinski definition) is 4. The van der Waals surface area contributed by atoms with Crippen molar-refractivity contribution in [3.8, 4) is 0 Å². The van der Waals surface area contributed by atoms with Gasteiger partial charge in [0.25, 0.3) is 0 Å². The van der Waals surface area contributed by atoms with Crippen LogP contribution < -0.4 is 4.90 Å². The minimum Gasteiger partial charge on any atom is -0.376 e. The van der Waals surface area contributed by atoms with Gasteiger partial charge in [-0.05, 0) is 48.6 Å². The number of rotatable bonds is 6. The summed E-state index contributed by atoms with van der Waals surface area (Å²) >= 11 is 7.88. The van der Waals surface area contributed by atoms with Crippen molar-refractivity contribution in [2.75, 3.05) is 18.1 Å². The summed E-state index contributed by atoms with van der Waals surface area (Å²) in [6.07, 6.45) is 1.97. The molecule has 3 aromatic carbocycles. The highest BCUT2D eigenvalue weighted by Gasteiger charge is 2.33. The highest BCUT2D eigenvalue weighted by Crippen LogP contribution is 2.36. The Hall–Kier alpha value is -2.73. The minimum atomic E-state index is -0.425. The summed E-state index contributed by atoms with van der Waals surface area (Å²) in [6.45, 7) is 3.20. The molecule has 1 aliphatic rings. The number of benzene rings is 3. The number of nitrogens with zero attached hydrogens (tertiary/aromatic N) is 2. The first-order valence-corrected chi connectivity index (χ1v) is 12.4. The molecule has 1 fully saturated rings. The first-order valence-electron chi connectivity index (χ1n) is 11.2. The van der Waals surface area contributed by atoms with Crippen molar-refractivity contribution in [1.82, 2.24) is 4.98 Å². The van der Waals surface area contributed by atoms with E-state index in [1.807, 2.05) is 84.6 Å². The van der Waals surface area contributed by atoms with Crippen LogP contribution in [0.1, 0.15) is 35.4 Å². The third-order valence-corrected chi connectivity index (χ3v) is 7.61. The van der Waals surface area contributed by atoms with E-state index in [4.69, 9.17) is 21.3 Å². The van der Waals surface area contributed by atoms with Crippen LogP contribution in [-0.4, -0.2) is 30.1 Å². The molecule has 0 aliphatic carbocycles. The van der Waals surface area contributed by atoms with Crippen molar-refractivity contribution < 1.29 is 9.53 Å². The van der Waals surface area contributed by atoms with E-state index in [0.717, 1.165) is 46.4 Å². The molecular formula is C27H25ClN2O2S. The van der Waals surface area contributed by atoms with Gasteiger partial charge in [0.1, 0.15) is 0 Å². The molecule has 1 saturated heterocycles. The smallest absolute Gasteiger partial charge is 0.240 e. The molecule has 0 N–H and O–H groups in total. The second-order valence-corrected chi connectivity index (χ2v) is 9.77. The van der Waals surface area contributed by atoms with Gasteiger partial charge in [-0.3, -0.25) is 9.69 Å². The van der Waals surface area contributed by atoms with Crippen molar-refractivity contribution in [2.45, 2.75) is 31.8 Å². The summed E-state index contributed by atoms with van der Waals surface area (Å²) in [5, 5.41) is 1.37. The Balaban J connectivity index is 1.60. The van der Waals surface area contributed by atoms with Gasteiger partial charge in [-0.15, -0.1) is 0 Å². The summed E-state index contributed by atoms with van der Waals surface area (Å²) < 4.78 is 6.95. The summed E-state index contributed by atoms with van der Waals surface area (Å²) in [6, 6.07) is 23.8. The average molecular weight is 477 g/mol. The van der Waals surface area contributed by atoms with Crippen LogP contribution in [0.25, 0.3) is 10.2 Å². The third-order valence-electron chi connectivity index (χ3n) is 6.16. The number of anilines is 1. The minimum absolute atomic E-state index is 0.00528. The van der Waals surface area contributed by atoms with Gasteiger partial charge in [0.2, 0.25) is 5.91 Å². The SMILES string of the molecule is Cc1c(Cl)ccc2sc(N(CC3CCCO3)C(=O)C(c3ccccc3)c3ccccc3)nc12. The summed E-state index contributed by atoms with van der Waals surface area (Å²) in [7, 11) is 0. The normalized spacial score (nSPS) is 15.9. The van der Waals surface area contributed by atoms with E-state index >= 15 is 0 Å². The van der Waals surface area contributed by atoms with Crippen LogP contribution in [0.4, 0.5) is 5.13 Å². The number of aromatic nitrogens is 1.